The van der Waals surface area contributed by atoms with Crippen LogP contribution in [0.2, 0.25) is 0 Å². The van der Waals surface area contributed by atoms with E-state index in [1.807, 2.05) is 0 Å². The van der Waals surface area contributed by atoms with Crippen molar-refractivity contribution in [2.24, 2.45) is 0 Å². The molecular formula is C19H18N4O5S2. The molecule has 0 saturated carbocycles. The minimum absolute atomic E-state index is 0.0158. The monoisotopic (exact) mass is 446 g/mol. The van der Waals surface area contributed by atoms with E-state index in [-0.39, 0.29) is 13.1 Å². The Hall–Kier alpha value is -3.05. The zero-order valence-corrected chi connectivity index (χ0v) is 17.8. The first-order valence-corrected chi connectivity index (χ1v) is 10.5. The summed E-state index contributed by atoms with van der Waals surface area (Å²) in [7, 11) is 0. The molecule has 0 atom stereocenters. The first-order chi connectivity index (χ1) is 14.3. The van der Waals surface area contributed by atoms with E-state index in [0.29, 0.717) is 21.0 Å². The van der Waals surface area contributed by atoms with Gasteiger partial charge in [-0.3, -0.25) is 24.3 Å². The molecule has 1 saturated heterocycles. The molecule has 3 rings (SSSR count). The lowest BCUT2D eigenvalue weighted by atomic mass is 10.2. The first kappa shape index (κ1) is 21.7. The number of aromatic nitrogens is 2. The molecule has 2 aromatic heterocycles. The molecule has 1 aliphatic rings. The molecule has 0 aromatic carbocycles. The van der Waals surface area contributed by atoms with Gasteiger partial charge in [-0.25, -0.2) is 9.78 Å². The number of thiazole rings is 1. The van der Waals surface area contributed by atoms with Gasteiger partial charge in [-0.1, -0.05) is 6.07 Å². The number of pyridine rings is 1. The number of imide groups is 1. The largest absolute Gasteiger partial charge is 0.451 e. The second kappa shape index (κ2) is 9.63. The number of esters is 1. The third-order valence-electron chi connectivity index (χ3n) is 3.94. The molecule has 1 aliphatic heterocycles. The lowest BCUT2D eigenvalue weighted by molar-refractivity contribution is -0.125. The van der Waals surface area contributed by atoms with Gasteiger partial charge >= 0.3 is 5.97 Å². The topological polar surface area (TPSA) is 119 Å². The van der Waals surface area contributed by atoms with E-state index in [4.69, 9.17) is 4.74 Å². The van der Waals surface area contributed by atoms with Crippen LogP contribution in [0.5, 0.6) is 0 Å². The highest BCUT2D eigenvalue weighted by Crippen LogP contribution is 2.31. The van der Waals surface area contributed by atoms with Gasteiger partial charge in [0, 0.05) is 25.5 Å². The van der Waals surface area contributed by atoms with Crippen molar-refractivity contribution >= 4 is 52.2 Å². The van der Waals surface area contributed by atoms with Crippen molar-refractivity contribution in [2.75, 3.05) is 19.7 Å². The fraction of sp³-hybridized carbons (Fsp3) is 0.263. The summed E-state index contributed by atoms with van der Waals surface area (Å²) >= 11 is 2.03. The normalized spacial score (nSPS) is 15.0. The Kier molecular flexibility index (Phi) is 6.95. The highest BCUT2D eigenvalue weighted by Gasteiger charge is 2.34. The maximum Gasteiger partial charge on any atom is 0.350 e. The number of rotatable bonds is 7. The van der Waals surface area contributed by atoms with Crippen molar-refractivity contribution in [1.82, 2.24) is 20.2 Å². The van der Waals surface area contributed by atoms with E-state index >= 15 is 0 Å². The van der Waals surface area contributed by atoms with E-state index in [2.05, 4.69) is 15.3 Å². The summed E-state index contributed by atoms with van der Waals surface area (Å²) in [6.07, 6.45) is 4.80. The number of ether oxygens (including phenoxy) is 1. The van der Waals surface area contributed by atoms with Crippen molar-refractivity contribution in [3.05, 3.63) is 50.6 Å². The van der Waals surface area contributed by atoms with Crippen molar-refractivity contribution in [1.29, 1.82) is 0 Å². The standard InChI is InChI=1S/C19H18N4O5S2/c1-11-16(29-12(2)22-11)18(26)28-10-15(24)21-6-7-23-17(25)14(30-19(23)27)8-13-4-3-5-20-9-13/h3-5,8-9H,6-7,10H2,1-2H3,(H,21,24)/b14-8-. The van der Waals surface area contributed by atoms with E-state index in [0.717, 1.165) is 21.7 Å². The van der Waals surface area contributed by atoms with Crippen LogP contribution in [0.25, 0.3) is 6.08 Å². The number of hydrogen-bond donors (Lipinski definition) is 1. The van der Waals surface area contributed by atoms with Gasteiger partial charge in [0.2, 0.25) is 0 Å². The predicted molar refractivity (Wildman–Crippen MR) is 112 cm³/mol. The van der Waals surface area contributed by atoms with Crippen molar-refractivity contribution in [3.63, 3.8) is 0 Å². The van der Waals surface area contributed by atoms with Crippen LogP contribution in [0, 0.1) is 13.8 Å². The van der Waals surface area contributed by atoms with Crippen LogP contribution in [-0.4, -0.2) is 57.6 Å². The summed E-state index contributed by atoms with van der Waals surface area (Å²) < 4.78 is 4.99. The lowest BCUT2D eigenvalue weighted by Gasteiger charge is -2.13. The summed E-state index contributed by atoms with van der Waals surface area (Å²) in [6, 6.07) is 3.51. The quantitative estimate of drug-likeness (QED) is 0.508. The van der Waals surface area contributed by atoms with Crippen molar-refractivity contribution in [3.8, 4) is 0 Å². The van der Waals surface area contributed by atoms with Crippen LogP contribution in [0.4, 0.5) is 4.79 Å². The fourth-order valence-electron chi connectivity index (χ4n) is 2.58. The van der Waals surface area contributed by atoms with Gasteiger partial charge in [0.05, 0.1) is 15.6 Å². The summed E-state index contributed by atoms with van der Waals surface area (Å²) in [6.45, 7) is 3.07. The molecule has 156 valence electrons. The number of thioether (sulfide) groups is 1. The molecule has 0 spiro atoms. The molecule has 30 heavy (non-hydrogen) atoms. The van der Waals surface area contributed by atoms with Gasteiger partial charge in [0.25, 0.3) is 17.1 Å². The fourth-order valence-corrected chi connectivity index (χ4v) is 4.26. The number of aryl methyl sites for hydroxylation is 2. The Bertz CT molecular complexity index is 1020. The van der Waals surface area contributed by atoms with Gasteiger partial charge in [-0.2, -0.15) is 0 Å². The minimum atomic E-state index is -0.611. The number of carbonyl (C=O) groups excluding carboxylic acids is 4. The Morgan fingerprint density at radius 2 is 2.10 bits per heavy atom. The molecule has 3 heterocycles. The predicted octanol–water partition coefficient (Wildman–Crippen LogP) is 2.16. The van der Waals surface area contributed by atoms with Crippen LogP contribution < -0.4 is 5.32 Å². The zero-order valence-electron chi connectivity index (χ0n) is 16.2. The molecule has 0 radical (unpaired) electrons. The summed E-state index contributed by atoms with van der Waals surface area (Å²) in [4.78, 5) is 58.2. The molecule has 11 heteroatoms. The first-order valence-electron chi connectivity index (χ1n) is 8.88. The molecule has 1 N–H and O–H groups in total. The van der Waals surface area contributed by atoms with Crippen LogP contribution in [0.3, 0.4) is 0 Å². The lowest BCUT2D eigenvalue weighted by Crippen LogP contribution is -2.38. The number of nitrogens with zero attached hydrogens (tertiary/aromatic N) is 3. The third kappa shape index (κ3) is 5.30. The molecule has 0 unspecified atom stereocenters. The maximum absolute atomic E-state index is 12.4. The van der Waals surface area contributed by atoms with E-state index in [1.54, 1.807) is 44.4 Å². The smallest absolute Gasteiger partial charge is 0.350 e. The molecule has 0 aliphatic carbocycles. The van der Waals surface area contributed by atoms with Gasteiger partial charge in [-0.05, 0) is 43.3 Å². The van der Waals surface area contributed by atoms with Gasteiger partial charge in [0.1, 0.15) is 4.88 Å². The molecular weight excluding hydrogens is 428 g/mol. The summed E-state index contributed by atoms with van der Waals surface area (Å²) in [5.74, 6) is -1.56. The van der Waals surface area contributed by atoms with Crippen LogP contribution in [-0.2, 0) is 14.3 Å². The minimum Gasteiger partial charge on any atom is -0.451 e. The second-order valence-corrected chi connectivity index (χ2v) is 8.39. The van der Waals surface area contributed by atoms with Gasteiger partial charge in [0.15, 0.2) is 6.61 Å². The Morgan fingerprint density at radius 3 is 2.77 bits per heavy atom. The number of nitrogens with one attached hydrogen (secondary N) is 1. The molecule has 0 bridgehead atoms. The van der Waals surface area contributed by atoms with Crippen LogP contribution in [0.1, 0.15) is 25.9 Å². The highest BCUT2D eigenvalue weighted by molar-refractivity contribution is 8.18. The highest BCUT2D eigenvalue weighted by atomic mass is 32.2. The third-order valence-corrected chi connectivity index (χ3v) is 5.90. The average Bonchev–Trinajstić information content (AvgIpc) is 3.19. The second-order valence-electron chi connectivity index (χ2n) is 6.19. The SMILES string of the molecule is Cc1nc(C)c(C(=O)OCC(=O)NCCN2C(=O)S/C(=C\c3cccnc3)C2=O)s1. The number of hydrogen-bond acceptors (Lipinski definition) is 9. The summed E-state index contributed by atoms with van der Waals surface area (Å²) in [5, 5.41) is 2.85. The van der Waals surface area contributed by atoms with E-state index < -0.39 is 29.6 Å². The van der Waals surface area contributed by atoms with E-state index in [1.165, 1.54) is 11.3 Å². The van der Waals surface area contributed by atoms with Gasteiger partial charge in [-0.15, -0.1) is 11.3 Å². The van der Waals surface area contributed by atoms with Crippen molar-refractivity contribution in [2.45, 2.75) is 13.8 Å². The molecule has 2 aromatic rings. The Morgan fingerprint density at radius 1 is 1.30 bits per heavy atom. The average molecular weight is 447 g/mol. The van der Waals surface area contributed by atoms with E-state index in [9.17, 15) is 19.2 Å². The van der Waals surface area contributed by atoms with Gasteiger partial charge < -0.3 is 10.1 Å². The molecule has 9 nitrogen and oxygen atoms in total. The number of carbonyl (C=O) groups is 4. The Labute approximate surface area is 180 Å². The number of amides is 3. The molecule has 1 fully saturated rings. The molecule has 3 amide bonds. The zero-order chi connectivity index (χ0) is 21.7. The van der Waals surface area contributed by atoms with Crippen LogP contribution in [0.15, 0.2) is 29.4 Å². The van der Waals surface area contributed by atoms with Crippen molar-refractivity contribution < 1.29 is 23.9 Å². The van der Waals surface area contributed by atoms with Crippen LogP contribution >= 0.6 is 23.1 Å². The Balaban J connectivity index is 1.45. The maximum atomic E-state index is 12.4. The summed E-state index contributed by atoms with van der Waals surface area (Å²) in [5.41, 5.74) is 1.27.